The highest BCUT2D eigenvalue weighted by Crippen LogP contribution is 2.47. The van der Waals surface area contributed by atoms with Gasteiger partial charge in [0.15, 0.2) is 5.82 Å². The minimum atomic E-state index is 0.718. The quantitative estimate of drug-likeness (QED) is 0.122. The van der Waals surface area contributed by atoms with E-state index in [1.807, 2.05) is 18.2 Å². The molecule has 0 unspecified atom stereocenters. The number of rotatable bonds is 12. The highest BCUT2D eigenvalue weighted by Gasteiger charge is 2.26. The summed E-state index contributed by atoms with van der Waals surface area (Å²) in [6.45, 7) is 0. The van der Waals surface area contributed by atoms with Crippen molar-refractivity contribution in [2.75, 3.05) is 0 Å². The summed E-state index contributed by atoms with van der Waals surface area (Å²) in [7, 11) is 0. The minimum Gasteiger partial charge on any atom is -0.309 e. The van der Waals surface area contributed by atoms with Gasteiger partial charge in [-0.1, -0.05) is 334 Å². The van der Waals surface area contributed by atoms with Crippen molar-refractivity contribution in [2.24, 2.45) is 0 Å². The molecule has 0 amide bonds. The molecule has 10 nitrogen and oxygen atoms in total. The number of hydrogen-bond acceptors (Lipinski definition) is 4. The molecule has 0 bridgehead atoms. The third-order valence-electron chi connectivity index (χ3n) is 28.9. The van der Waals surface area contributed by atoms with Gasteiger partial charge in [-0.25, -0.2) is 19.9 Å². The maximum absolute atomic E-state index is 5.18. The first-order chi connectivity index (χ1) is 71.4. The van der Waals surface area contributed by atoms with Gasteiger partial charge in [0.25, 0.3) is 0 Å². The van der Waals surface area contributed by atoms with Gasteiger partial charge in [-0.3, -0.25) is 0 Å². The van der Waals surface area contributed by atoms with Gasteiger partial charge in [0.2, 0.25) is 0 Å². The second-order valence-corrected chi connectivity index (χ2v) is 37.1. The van der Waals surface area contributed by atoms with Gasteiger partial charge in [-0.2, -0.15) is 0 Å². The van der Waals surface area contributed by atoms with Gasteiger partial charge in [0, 0.05) is 137 Å². The highest BCUT2D eigenvalue weighted by atomic mass is 15.0. The van der Waals surface area contributed by atoms with Crippen LogP contribution in [0.15, 0.2) is 522 Å². The minimum absolute atomic E-state index is 0.718. The van der Waals surface area contributed by atoms with Crippen molar-refractivity contribution >= 4 is 164 Å². The van der Waals surface area contributed by atoms with E-state index in [0.29, 0.717) is 0 Å². The van der Waals surface area contributed by atoms with E-state index in [-0.39, 0.29) is 0 Å². The zero-order valence-electron chi connectivity index (χ0n) is 78.1. The fourth-order valence-electron chi connectivity index (χ4n) is 22.4. The van der Waals surface area contributed by atoms with Crippen LogP contribution in [0.3, 0.4) is 0 Å². The van der Waals surface area contributed by atoms with E-state index >= 15 is 0 Å². The van der Waals surface area contributed by atoms with Gasteiger partial charge < -0.3 is 27.4 Å². The molecule has 0 atom stereocenters. The molecule has 30 aromatic rings. The van der Waals surface area contributed by atoms with Crippen molar-refractivity contribution in [3.8, 4) is 102 Å². The van der Waals surface area contributed by atoms with Crippen molar-refractivity contribution < 1.29 is 0 Å². The third kappa shape index (κ3) is 13.9. The molecular formula is C134H86N10. The molecule has 10 heteroatoms. The second kappa shape index (κ2) is 34.3. The lowest BCUT2D eigenvalue weighted by atomic mass is 9.98. The van der Waals surface area contributed by atoms with Gasteiger partial charge in [-0.05, 0) is 210 Å². The van der Waals surface area contributed by atoms with E-state index < -0.39 is 0 Å². The van der Waals surface area contributed by atoms with Crippen LogP contribution in [-0.2, 0) is 0 Å². The fraction of sp³-hybridized carbons (Fsp3) is 0. The first kappa shape index (κ1) is 82.8. The lowest BCUT2D eigenvalue weighted by molar-refractivity contribution is 1.16. The van der Waals surface area contributed by atoms with Gasteiger partial charge in [-0.15, -0.1) is 0 Å². The predicted octanol–water partition coefficient (Wildman–Crippen LogP) is 34.7. The number of para-hydroxylation sites is 12. The van der Waals surface area contributed by atoms with Crippen molar-refractivity contribution in [2.45, 2.75) is 0 Å². The van der Waals surface area contributed by atoms with Crippen LogP contribution in [0.2, 0.25) is 0 Å². The summed E-state index contributed by atoms with van der Waals surface area (Å²) < 4.78 is 14.4. The fourth-order valence-corrected chi connectivity index (χ4v) is 22.4. The molecule has 0 spiro atoms. The monoisotopic (exact) mass is 1830 g/mol. The third-order valence-corrected chi connectivity index (χ3v) is 28.9. The molecule has 0 aliphatic carbocycles. The number of fused-ring (bicyclic) bond motifs is 21. The summed E-state index contributed by atoms with van der Waals surface area (Å²) in [6, 6.07) is 186. The first-order valence-electron chi connectivity index (χ1n) is 49.1. The molecule has 672 valence electrons. The molecule has 0 N–H and O–H groups in total. The van der Waals surface area contributed by atoms with E-state index in [0.717, 1.165) is 112 Å². The van der Waals surface area contributed by atoms with E-state index in [9.17, 15) is 0 Å². The molecule has 9 heterocycles. The summed E-state index contributed by atoms with van der Waals surface area (Å²) >= 11 is 0. The van der Waals surface area contributed by atoms with E-state index in [2.05, 4.69) is 531 Å². The summed E-state index contributed by atoms with van der Waals surface area (Å²) in [6.07, 6.45) is 0. The van der Waals surface area contributed by atoms with E-state index in [1.54, 1.807) is 0 Å². The molecule has 9 aromatic heterocycles. The van der Waals surface area contributed by atoms with Crippen molar-refractivity contribution in [3.05, 3.63) is 522 Å². The van der Waals surface area contributed by atoms with E-state index in [4.69, 9.17) is 19.9 Å². The Labute approximate surface area is 828 Å². The Morgan fingerprint density at radius 2 is 0.375 bits per heavy atom. The normalized spacial score (nSPS) is 11.8. The van der Waals surface area contributed by atoms with Crippen LogP contribution in [0.5, 0.6) is 0 Å². The Hall–Kier alpha value is -19.4. The van der Waals surface area contributed by atoms with Crippen molar-refractivity contribution in [1.82, 2.24) is 47.3 Å². The molecule has 0 aliphatic heterocycles. The summed E-state index contributed by atoms with van der Waals surface area (Å²) in [5.74, 6) is 0.718. The molecule has 0 saturated carbocycles. The maximum Gasteiger partial charge on any atom is 0.160 e. The topological polar surface area (TPSA) is 81.1 Å². The van der Waals surface area contributed by atoms with Crippen LogP contribution in [-0.4, -0.2) is 47.3 Å². The standard InChI is InChI=1S/2C45H29N3.C44H28N4/c1-3-14-30(15-4-1)37-28-41(46-40-23-10-7-20-34(37)40)31-16-13-19-33(26-31)48-43-25-12-9-22-36(43)39-27-38-35-21-8-11-24-42(35)47(44(38)29-45(39)48)32-17-5-2-6-18-32;1-3-13-30(14-4-1)37-28-41(46-40-20-10-7-17-34(37)40)31-23-25-33(26-24-31)48-43-22-12-9-19-36(43)39-27-38-35-18-8-11-21-42(35)47(44(38)29-45(39)48)32-15-5-2-6-16-32;1-3-13-29(14-4-1)43-35-19-7-10-20-38(35)45-44(46-43)30-23-25-32(26-24-30)48-40-22-12-9-18-34(40)37-27-36-33-17-8-11-21-39(33)47(41(36)28-42(37)48)31-15-5-2-6-16-31/h2*1-29H;1-28H. The Bertz CT molecular complexity index is 9920. The summed E-state index contributed by atoms with van der Waals surface area (Å²) in [5, 5.41) is 18.4. The number of benzene rings is 21. The molecule has 0 saturated heterocycles. The molecule has 21 aromatic carbocycles. The average molecular weight is 1840 g/mol. The average Bonchev–Trinajstić information content (AvgIpc) is 1.56. The van der Waals surface area contributed by atoms with Crippen LogP contribution in [0, 0.1) is 0 Å². The van der Waals surface area contributed by atoms with Gasteiger partial charge in [0.05, 0.1) is 99.8 Å². The lowest BCUT2D eigenvalue weighted by Gasteiger charge is -2.13. The van der Waals surface area contributed by atoms with Crippen LogP contribution in [0.4, 0.5) is 0 Å². The predicted molar refractivity (Wildman–Crippen MR) is 602 cm³/mol. The molecular weight excluding hydrogens is 1750 g/mol. The Morgan fingerprint density at radius 1 is 0.125 bits per heavy atom. The summed E-state index contributed by atoms with van der Waals surface area (Å²) in [5.41, 5.74) is 35.9. The number of pyridine rings is 2. The maximum atomic E-state index is 5.18. The Balaban J connectivity index is 0.000000105. The second-order valence-electron chi connectivity index (χ2n) is 37.1. The zero-order chi connectivity index (χ0) is 94.8. The smallest absolute Gasteiger partial charge is 0.160 e. The zero-order valence-corrected chi connectivity index (χ0v) is 78.1. The largest absolute Gasteiger partial charge is 0.309 e. The number of nitrogens with zero attached hydrogens (tertiary/aromatic N) is 10. The van der Waals surface area contributed by atoms with Crippen LogP contribution in [0.1, 0.15) is 0 Å². The molecule has 0 fully saturated rings. The van der Waals surface area contributed by atoms with Crippen LogP contribution >= 0.6 is 0 Å². The number of hydrogen-bond donors (Lipinski definition) is 0. The molecule has 0 aliphatic rings. The Morgan fingerprint density at radius 3 is 0.722 bits per heavy atom. The highest BCUT2D eigenvalue weighted by molar-refractivity contribution is 6.23. The Kier molecular flexibility index (Phi) is 19.7. The van der Waals surface area contributed by atoms with E-state index in [1.165, 1.54) is 153 Å². The van der Waals surface area contributed by atoms with Crippen LogP contribution < -0.4 is 0 Å². The number of aromatic nitrogens is 10. The van der Waals surface area contributed by atoms with Crippen molar-refractivity contribution in [1.29, 1.82) is 0 Å². The molecule has 144 heavy (non-hydrogen) atoms. The van der Waals surface area contributed by atoms with Gasteiger partial charge in [0.1, 0.15) is 0 Å². The van der Waals surface area contributed by atoms with Gasteiger partial charge >= 0.3 is 0 Å². The lowest BCUT2D eigenvalue weighted by Crippen LogP contribution is -1.97. The summed E-state index contributed by atoms with van der Waals surface area (Å²) in [4.78, 5) is 20.4. The molecule has 0 radical (unpaired) electrons. The van der Waals surface area contributed by atoms with Crippen molar-refractivity contribution in [3.63, 3.8) is 0 Å². The van der Waals surface area contributed by atoms with Crippen LogP contribution in [0.25, 0.3) is 265 Å². The molecule has 30 rings (SSSR count). The first-order valence-corrected chi connectivity index (χ1v) is 49.1. The SMILES string of the molecule is c1ccc(-c2cc(-c3ccc(-n4c5ccccc5c5cc6c7ccccc7n(-c7ccccc7)c6cc54)cc3)nc3ccccc23)cc1.c1ccc(-c2cc(-c3cccc(-n4c5ccccc5c5cc6c7ccccc7n(-c7ccccc7)c6cc54)c3)nc3ccccc23)cc1.c1ccc(-c2nc(-c3ccc(-n4c5ccccc5c5cc6c7ccccc7n(-c7ccccc7)c6cc54)cc3)nc3ccccc23)cc1.